The summed E-state index contributed by atoms with van der Waals surface area (Å²) < 4.78 is 9.49. The van der Waals surface area contributed by atoms with Crippen LogP contribution in [0, 0.1) is 0 Å². The van der Waals surface area contributed by atoms with E-state index in [2.05, 4.69) is 33.2 Å². The van der Waals surface area contributed by atoms with Crippen LogP contribution in [0.2, 0.25) is 0 Å². The Hall–Kier alpha value is -2.57. The van der Waals surface area contributed by atoms with Crippen LogP contribution in [0.3, 0.4) is 0 Å². The number of hydrogen-bond donors (Lipinski definition) is 1. The summed E-state index contributed by atoms with van der Waals surface area (Å²) in [6, 6.07) is 0. The van der Waals surface area contributed by atoms with Crippen molar-refractivity contribution in [1.29, 1.82) is 0 Å². The van der Waals surface area contributed by atoms with E-state index >= 15 is 0 Å². The quantitative estimate of drug-likeness (QED) is 0.360. The maximum absolute atomic E-state index is 11.2. The van der Waals surface area contributed by atoms with Crippen molar-refractivity contribution in [2.45, 2.75) is 20.5 Å². The van der Waals surface area contributed by atoms with Gasteiger partial charge in [0.05, 0.1) is 11.8 Å². The summed E-state index contributed by atoms with van der Waals surface area (Å²) in [4.78, 5) is 11.2. The minimum absolute atomic E-state index is 0.201. The van der Waals surface area contributed by atoms with Gasteiger partial charge in [-0.1, -0.05) is 33.1 Å². The number of aromatic nitrogens is 3. The van der Waals surface area contributed by atoms with E-state index < -0.39 is 5.97 Å². The molecule has 0 atom stereocenters. The zero-order valence-electron chi connectivity index (χ0n) is 12.2. The Labute approximate surface area is 125 Å². The van der Waals surface area contributed by atoms with Crippen molar-refractivity contribution in [3.05, 3.63) is 60.7 Å². The highest BCUT2D eigenvalue weighted by molar-refractivity contribution is 6.10. The number of nitrogens with one attached hydrogen (secondary N) is 1. The Morgan fingerprint density at radius 1 is 1.38 bits per heavy atom. The average molecular weight is 287 g/mol. The van der Waals surface area contributed by atoms with Gasteiger partial charge in [-0.2, -0.15) is 15.4 Å². The Bertz CT molecular complexity index is 508. The molecule has 0 saturated heterocycles. The molecule has 0 unspecified atom stereocenters. The zero-order chi connectivity index (χ0) is 16.1. The molecule has 0 spiro atoms. The first-order valence-electron chi connectivity index (χ1n) is 6.26. The minimum Gasteiger partial charge on any atom is -0.540 e. The topological polar surface area (TPSA) is 77.1 Å². The van der Waals surface area contributed by atoms with Crippen LogP contribution in [0.1, 0.15) is 19.5 Å². The van der Waals surface area contributed by atoms with Gasteiger partial charge in [0.25, 0.3) is 0 Å². The molecule has 110 valence electrons. The van der Waals surface area contributed by atoms with E-state index in [1.54, 1.807) is 6.08 Å². The summed E-state index contributed by atoms with van der Waals surface area (Å²) in [5.74, 6) is -0.238. The number of nitrogens with zero attached hydrogens (tertiary/aromatic N) is 2. The molecular weight excluding hydrogens is 269 g/mol. The largest absolute Gasteiger partial charge is 0.540 e. The van der Waals surface area contributed by atoms with Gasteiger partial charge in [0.15, 0.2) is 0 Å². The van der Waals surface area contributed by atoms with Gasteiger partial charge in [-0.15, -0.1) is 0 Å². The molecule has 6 nitrogen and oxygen atoms in total. The molecule has 1 N–H and O–H groups in total. The normalized spacial score (nSPS) is 11.0. The SMILES string of the molecule is CC.[B]OC(=O)/C(C=C)=C/C=C(\C=C)OCc1cn[nH]n1. The minimum atomic E-state index is -0.689. The molecule has 21 heavy (non-hydrogen) atoms. The van der Waals surface area contributed by atoms with Gasteiger partial charge in [-0.3, -0.25) is 0 Å². The van der Waals surface area contributed by atoms with Crippen LogP contribution in [0.5, 0.6) is 0 Å². The van der Waals surface area contributed by atoms with Crippen LogP contribution in [-0.2, 0) is 20.8 Å². The molecule has 0 aliphatic rings. The third-order valence-corrected chi connectivity index (χ3v) is 2.04. The van der Waals surface area contributed by atoms with Crippen LogP contribution in [-0.4, -0.2) is 29.4 Å². The summed E-state index contributed by atoms with van der Waals surface area (Å²) in [6.07, 6.45) is 7.36. The summed E-state index contributed by atoms with van der Waals surface area (Å²) in [5, 5.41) is 9.94. The summed E-state index contributed by atoms with van der Waals surface area (Å²) in [7, 11) is 4.78. The molecule has 1 heterocycles. The van der Waals surface area contributed by atoms with Gasteiger partial charge < -0.3 is 9.39 Å². The lowest BCUT2D eigenvalue weighted by Crippen LogP contribution is -2.03. The number of carbonyl (C=O) groups excluding carboxylic acids is 1. The first-order chi connectivity index (χ1) is 10.2. The second-order valence-electron chi connectivity index (χ2n) is 3.25. The van der Waals surface area contributed by atoms with Crippen LogP contribution in [0.4, 0.5) is 0 Å². The van der Waals surface area contributed by atoms with Gasteiger partial charge in [0, 0.05) is 0 Å². The fourth-order valence-corrected chi connectivity index (χ4v) is 1.09. The zero-order valence-corrected chi connectivity index (χ0v) is 12.2. The van der Waals surface area contributed by atoms with Gasteiger partial charge in [0.2, 0.25) is 0 Å². The monoisotopic (exact) mass is 287 g/mol. The molecule has 0 fully saturated rings. The average Bonchev–Trinajstić information content (AvgIpc) is 3.05. The molecule has 0 aromatic carbocycles. The van der Waals surface area contributed by atoms with E-state index in [0.717, 1.165) is 0 Å². The van der Waals surface area contributed by atoms with E-state index in [1.807, 2.05) is 13.8 Å². The number of H-pyrrole nitrogens is 1. The van der Waals surface area contributed by atoms with Gasteiger partial charge in [-0.05, 0) is 18.2 Å². The standard InChI is InChI=1S/C12H12BN3O3.C2H6/c1-3-9(12(17)19-13)5-6-11(4-2)18-8-10-7-14-16-15-10;1-2/h3-7H,1-2,8H2,(H,14,15,16);1-2H3/b9-5+,11-6+;. The highest BCUT2D eigenvalue weighted by Crippen LogP contribution is 2.06. The van der Waals surface area contributed by atoms with Crippen molar-refractivity contribution in [1.82, 2.24) is 15.4 Å². The summed E-state index contributed by atoms with van der Waals surface area (Å²) >= 11 is 0. The summed E-state index contributed by atoms with van der Waals surface area (Å²) in [6.45, 7) is 11.3. The third-order valence-electron chi connectivity index (χ3n) is 2.04. The predicted molar refractivity (Wildman–Crippen MR) is 80.9 cm³/mol. The van der Waals surface area contributed by atoms with E-state index in [0.29, 0.717) is 11.5 Å². The van der Waals surface area contributed by atoms with E-state index in [1.165, 1.54) is 24.4 Å². The molecule has 0 aliphatic carbocycles. The number of carbonyl (C=O) groups is 1. The molecule has 1 aromatic heterocycles. The maximum atomic E-state index is 11.2. The summed E-state index contributed by atoms with van der Waals surface area (Å²) in [5.41, 5.74) is 0.842. The number of hydrogen-bond acceptors (Lipinski definition) is 5. The first-order valence-corrected chi connectivity index (χ1v) is 6.26. The molecule has 2 radical (unpaired) electrons. The number of allylic oxidation sites excluding steroid dienone is 3. The van der Waals surface area contributed by atoms with Gasteiger partial charge in [-0.25, -0.2) is 4.79 Å². The first kappa shape index (κ1) is 18.4. The van der Waals surface area contributed by atoms with Crippen LogP contribution in [0.15, 0.2) is 55.0 Å². The van der Waals surface area contributed by atoms with Gasteiger partial charge in [0.1, 0.15) is 18.1 Å². The molecule has 7 heteroatoms. The molecule has 1 aromatic rings. The van der Waals surface area contributed by atoms with E-state index in [-0.39, 0.29) is 12.2 Å². The Morgan fingerprint density at radius 3 is 2.57 bits per heavy atom. The second-order valence-corrected chi connectivity index (χ2v) is 3.25. The molecule has 0 aliphatic heterocycles. The third kappa shape index (κ3) is 6.96. The lowest BCUT2D eigenvalue weighted by molar-refractivity contribution is -0.129. The van der Waals surface area contributed by atoms with Crippen molar-refractivity contribution in [3.63, 3.8) is 0 Å². The molecule has 0 saturated carbocycles. The fraction of sp³-hybridized carbons (Fsp3) is 0.214. The second kappa shape index (κ2) is 11.3. The number of rotatable bonds is 7. The van der Waals surface area contributed by atoms with Crippen molar-refractivity contribution in [2.75, 3.05) is 0 Å². The maximum Gasteiger partial charge on any atom is 0.378 e. The highest BCUT2D eigenvalue weighted by Gasteiger charge is 2.03. The van der Waals surface area contributed by atoms with Crippen molar-refractivity contribution >= 4 is 14.0 Å². The van der Waals surface area contributed by atoms with Crippen molar-refractivity contribution in [3.8, 4) is 0 Å². The van der Waals surface area contributed by atoms with Crippen molar-refractivity contribution in [2.24, 2.45) is 0 Å². The smallest absolute Gasteiger partial charge is 0.378 e. The highest BCUT2D eigenvalue weighted by atomic mass is 16.5. The molecule has 0 amide bonds. The van der Waals surface area contributed by atoms with Crippen LogP contribution >= 0.6 is 0 Å². The van der Waals surface area contributed by atoms with Crippen LogP contribution < -0.4 is 0 Å². The fourth-order valence-electron chi connectivity index (χ4n) is 1.09. The van der Waals surface area contributed by atoms with Gasteiger partial charge >= 0.3 is 14.0 Å². The lowest BCUT2D eigenvalue weighted by Gasteiger charge is -2.03. The molecular formula is C14H18BN3O3. The molecule has 0 bridgehead atoms. The van der Waals surface area contributed by atoms with Crippen LogP contribution in [0.25, 0.3) is 0 Å². The predicted octanol–water partition coefficient (Wildman–Crippen LogP) is 2.16. The van der Waals surface area contributed by atoms with Crippen molar-refractivity contribution < 1.29 is 14.2 Å². The molecule has 1 rings (SSSR count). The lowest BCUT2D eigenvalue weighted by atomic mass is 10.2. The Balaban J connectivity index is 0.00000191. The van der Waals surface area contributed by atoms with E-state index in [9.17, 15) is 4.79 Å². The number of aromatic amines is 1. The Kier molecular flexibility index (Phi) is 9.90. The number of ether oxygens (including phenoxy) is 1. The Morgan fingerprint density at radius 2 is 2.10 bits per heavy atom. The van der Waals surface area contributed by atoms with E-state index in [4.69, 9.17) is 12.8 Å².